The van der Waals surface area contributed by atoms with Crippen molar-refractivity contribution in [2.24, 2.45) is 15.9 Å². The van der Waals surface area contributed by atoms with Gasteiger partial charge in [-0.25, -0.2) is 18.7 Å². The Hall–Kier alpha value is -3.07. The fourth-order valence-corrected chi connectivity index (χ4v) is 4.72. The summed E-state index contributed by atoms with van der Waals surface area (Å²) in [5.41, 5.74) is 1.20. The second kappa shape index (κ2) is 9.43. The van der Waals surface area contributed by atoms with Gasteiger partial charge in [0.15, 0.2) is 5.17 Å². The number of hydrogen-bond donors (Lipinski definition) is 1. The van der Waals surface area contributed by atoms with Crippen molar-refractivity contribution in [3.05, 3.63) is 59.7 Å². The molecule has 33 heavy (non-hydrogen) atoms. The molecule has 4 rings (SSSR count). The zero-order chi connectivity index (χ0) is 23.7. The van der Waals surface area contributed by atoms with Crippen molar-refractivity contribution in [1.82, 2.24) is 4.90 Å². The molecular formula is C24H24F2N4O2S. The summed E-state index contributed by atoms with van der Waals surface area (Å²) in [7, 11) is 0. The zero-order valence-electron chi connectivity index (χ0n) is 18.5. The first-order valence-corrected chi connectivity index (χ1v) is 11.7. The number of thioether (sulfide) groups is 1. The van der Waals surface area contributed by atoms with Gasteiger partial charge in [-0.2, -0.15) is 0 Å². The standard InChI is InChI=1S/C24H24F2N4O2S/c1-4-13(3)20-23(32)30-21(29-20)15-8-6-7-9-17(15)28-24(30)33-19(5-2)22(31)27-18-12-14(25)10-11-16(18)26/h6-13,19-20H,4-5H2,1-3H3,(H,27,31)/t13-,19-,20-/m0/s1. The van der Waals surface area contributed by atoms with Crippen LogP contribution in [-0.2, 0) is 9.59 Å². The molecule has 0 radical (unpaired) electrons. The summed E-state index contributed by atoms with van der Waals surface area (Å²) in [6.45, 7) is 5.80. The van der Waals surface area contributed by atoms with Crippen LogP contribution in [0.1, 0.15) is 39.2 Å². The quantitative estimate of drug-likeness (QED) is 0.637. The number of carbonyl (C=O) groups excluding carboxylic acids is 2. The van der Waals surface area contributed by atoms with E-state index in [0.717, 1.165) is 41.9 Å². The molecule has 0 aliphatic carbocycles. The van der Waals surface area contributed by atoms with E-state index in [2.05, 4.69) is 10.3 Å². The first kappa shape index (κ1) is 23.1. The number of nitrogens with zero attached hydrogens (tertiary/aromatic N) is 3. The van der Waals surface area contributed by atoms with Gasteiger partial charge in [0.05, 0.1) is 16.6 Å². The largest absolute Gasteiger partial charge is 0.323 e. The highest BCUT2D eigenvalue weighted by molar-refractivity contribution is 8.15. The van der Waals surface area contributed by atoms with Crippen molar-refractivity contribution in [3.8, 4) is 0 Å². The van der Waals surface area contributed by atoms with Gasteiger partial charge in [0.2, 0.25) is 5.91 Å². The molecule has 0 spiro atoms. The van der Waals surface area contributed by atoms with Crippen molar-refractivity contribution in [2.75, 3.05) is 5.32 Å². The first-order valence-electron chi connectivity index (χ1n) is 10.9. The van der Waals surface area contributed by atoms with Gasteiger partial charge in [-0.15, -0.1) is 0 Å². The van der Waals surface area contributed by atoms with E-state index < -0.39 is 28.8 Å². The Kier molecular flexibility index (Phi) is 6.60. The van der Waals surface area contributed by atoms with Crippen molar-refractivity contribution < 1.29 is 18.4 Å². The van der Waals surface area contributed by atoms with Gasteiger partial charge < -0.3 is 5.32 Å². The van der Waals surface area contributed by atoms with Crippen LogP contribution < -0.4 is 5.32 Å². The number of halogens is 2. The van der Waals surface area contributed by atoms with Crippen LogP contribution in [0.5, 0.6) is 0 Å². The van der Waals surface area contributed by atoms with Gasteiger partial charge in [0.25, 0.3) is 5.91 Å². The minimum Gasteiger partial charge on any atom is -0.323 e. The van der Waals surface area contributed by atoms with E-state index in [0.29, 0.717) is 23.1 Å². The average Bonchev–Trinajstić information content (AvgIpc) is 3.17. The number of anilines is 1. The summed E-state index contributed by atoms with van der Waals surface area (Å²) < 4.78 is 27.5. The molecule has 6 nitrogen and oxygen atoms in total. The molecule has 3 atom stereocenters. The van der Waals surface area contributed by atoms with Crippen LogP contribution in [-0.4, -0.2) is 39.0 Å². The molecule has 0 unspecified atom stereocenters. The molecule has 0 fully saturated rings. The topological polar surface area (TPSA) is 74.1 Å². The number of amides is 2. The number of aliphatic imine (C=N–C) groups is 2. The van der Waals surface area contributed by atoms with E-state index >= 15 is 0 Å². The third kappa shape index (κ3) is 4.42. The van der Waals surface area contributed by atoms with Crippen molar-refractivity contribution in [1.29, 1.82) is 0 Å². The third-order valence-electron chi connectivity index (χ3n) is 5.78. The minimum atomic E-state index is -0.728. The lowest BCUT2D eigenvalue weighted by molar-refractivity contribution is -0.125. The first-order chi connectivity index (χ1) is 15.8. The Morgan fingerprint density at radius 2 is 1.94 bits per heavy atom. The van der Waals surface area contributed by atoms with Crippen molar-refractivity contribution in [2.45, 2.75) is 44.9 Å². The second-order valence-corrected chi connectivity index (χ2v) is 9.17. The van der Waals surface area contributed by atoms with Gasteiger partial charge in [0, 0.05) is 11.6 Å². The molecule has 2 heterocycles. The molecule has 2 aromatic carbocycles. The second-order valence-electron chi connectivity index (χ2n) is 8.00. The van der Waals surface area contributed by atoms with Crippen LogP contribution in [0, 0.1) is 17.6 Å². The van der Waals surface area contributed by atoms with Crippen LogP contribution in [0.15, 0.2) is 52.4 Å². The summed E-state index contributed by atoms with van der Waals surface area (Å²) in [6, 6.07) is 9.78. The molecule has 1 N–H and O–H groups in total. The highest BCUT2D eigenvalue weighted by Crippen LogP contribution is 2.36. The molecule has 0 aromatic heterocycles. The van der Waals surface area contributed by atoms with Crippen LogP contribution in [0.2, 0.25) is 0 Å². The van der Waals surface area contributed by atoms with Crippen LogP contribution in [0.3, 0.4) is 0 Å². The van der Waals surface area contributed by atoms with Gasteiger partial charge in [-0.1, -0.05) is 51.1 Å². The van der Waals surface area contributed by atoms with E-state index in [1.54, 1.807) is 6.92 Å². The fourth-order valence-electron chi connectivity index (χ4n) is 3.70. The Bertz CT molecular complexity index is 1170. The van der Waals surface area contributed by atoms with E-state index in [-0.39, 0.29) is 17.5 Å². The van der Waals surface area contributed by atoms with E-state index in [4.69, 9.17) is 4.99 Å². The van der Waals surface area contributed by atoms with Gasteiger partial charge >= 0.3 is 0 Å². The molecule has 2 aliphatic heterocycles. The molecule has 2 aromatic rings. The minimum absolute atomic E-state index is 0.0511. The predicted octanol–water partition coefficient (Wildman–Crippen LogP) is 5.12. The summed E-state index contributed by atoms with van der Waals surface area (Å²) in [4.78, 5) is 37.1. The van der Waals surface area contributed by atoms with Crippen LogP contribution >= 0.6 is 11.8 Å². The lowest BCUT2D eigenvalue weighted by Crippen LogP contribution is -2.43. The monoisotopic (exact) mass is 470 g/mol. The Labute approximate surface area is 195 Å². The molecular weight excluding hydrogens is 446 g/mol. The summed E-state index contributed by atoms with van der Waals surface area (Å²) in [6.07, 6.45) is 1.18. The SMILES string of the molecule is CC[C@H](SC1=Nc2ccccc2C2=N[C@@H]([C@@H](C)CC)C(=O)N12)C(=O)Nc1cc(F)ccc1F. The number of hydrogen-bond acceptors (Lipinski definition) is 5. The fraction of sp³-hybridized carbons (Fsp3) is 0.333. The zero-order valence-corrected chi connectivity index (χ0v) is 19.3. The summed E-state index contributed by atoms with van der Waals surface area (Å²) in [5.74, 6) is -1.47. The molecule has 0 saturated carbocycles. The molecule has 2 aliphatic rings. The summed E-state index contributed by atoms with van der Waals surface area (Å²) in [5, 5.41) is 2.12. The van der Waals surface area contributed by atoms with E-state index in [1.165, 1.54) is 4.90 Å². The van der Waals surface area contributed by atoms with Gasteiger partial charge in [0.1, 0.15) is 23.5 Å². The van der Waals surface area contributed by atoms with Crippen molar-refractivity contribution >= 4 is 46.0 Å². The number of para-hydroxylation sites is 1. The highest BCUT2D eigenvalue weighted by Gasteiger charge is 2.43. The average molecular weight is 471 g/mol. The molecule has 0 bridgehead atoms. The van der Waals surface area contributed by atoms with Crippen molar-refractivity contribution in [3.63, 3.8) is 0 Å². The number of fused-ring (bicyclic) bond motifs is 3. The van der Waals surface area contributed by atoms with E-state index in [1.807, 2.05) is 38.1 Å². The number of rotatable bonds is 6. The number of benzene rings is 2. The predicted molar refractivity (Wildman–Crippen MR) is 127 cm³/mol. The maximum absolute atomic E-state index is 14.0. The lowest BCUT2D eigenvalue weighted by Gasteiger charge is -2.27. The van der Waals surface area contributed by atoms with Gasteiger partial charge in [-0.05, 0) is 36.6 Å². The van der Waals surface area contributed by atoms with Crippen LogP contribution in [0.25, 0.3) is 0 Å². The maximum atomic E-state index is 14.0. The lowest BCUT2D eigenvalue weighted by atomic mass is 10.00. The molecule has 0 saturated heterocycles. The Morgan fingerprint density at radius 1 is 1.18 bits per heavy atom. The van der Waals surface area contributed by atoms with Gasteiger partial charge in [-0.3, -0.25) is 14.6 Å². The Morgan fingerprint density at radius 3 is 2.67 bits per heavy atom. The van der Waals surface area contributed by atoms with E-state index in [9.17, 15) is 18.4 Å². The number of amidine groups is 2. The third-order valence-corrected chi connectivity index (χ3v) is 7.10. The Balaban J connectivity index is 1.64. The van der Waals surface area contributed by atoms with Crippen LogP contribution in [0.4, 0.5) is 20.2 Å². The number of nitrogens with one attached hydrogen (secondary N) is 1. The smallest absolute Gasteiger partial charge is 0.259 e. The maximum Gasteiger partial charge on any atom is 0.259 e. The molecule has 2 amide bonds. The molecule has 9 heteroatoms. The highest BCUT2D eigenvalue weighted by atomic mass is 32.2. The molecule has 172 valence electrons. The number of carbonyl (C=O) groups is 2. The summed E-state index contributed by atoms with van der Waals surface area (Å²) >= 11 is 1.11. The normalized spacial score (nSPS) is 18.8.